The first-order chi connectivity index (χ1) is 12.0. The average Bonchev–Trinajstić information content (AvgIpc) is 2.54. The highest BCUT2D eigenvalue weighted by atomic mass is 16.6. The van der Waals surface area contributed by atoms with Crippen LogP contribution in [0, 0.1) is 5.92 Å². The molecule has 1 aromatic carbocycles. The van der Waals surface area contributed by atoms with Crippen LogP contribution in [0.3, 0.4) is 0 Å². The zero-order valence-corrected chi connectivity index (χ0v) is 16.6. The molecule has 0 radical (unpaired) electrons. The van der Waals surface area contributed by atoms with E-state index in [0.29, 0.717) is 0 Å². The van der Waals surface area contributed by atoms with Gasteiger partial charge >= 0.3 is 5.97 Å². The normalized spacial score (nSPS) is 15.2. The van der Waals surface area contributed by atoms with Gasteiger partial charge in [-0.05, 0) is 39.2 Å². The molecule has 0 bridgehead atoms. The van der Waals surface area contributed by atoms with Crippen molar-refractivity contribution in [2.45, 2.75) is 65.3 Å². The van der Waals surface area contributed by atoms with Crippen molar-refractivity contribution in [3.63, 3.8) is 0 Å². The van der Waals surface area contributed by atoms with Gasteiger partial charge in [0, 0.05) is 0 Å². The van der Waals surface area contributed by atoms with Gasteiger partial charge in [-0.25, -0.2) is 4.79 Å². The van der Waals surface area contributed by atoms with Crippen LogP contribution in [0.25, 0.3) is 0 Å². The van der Waals surface area contributed by atoms with Gasteiger partial charge in [-0.1, -0.05) is 44.2 Å². The highest BCUT2D eigenvalue weighted by Gasteiger charge is 2.29. The van der Waals surface area contributed by atoms with E-state index in [0.717, 1.165) is 5.56 Å². The third-order valence-electron chi connectivity index (χ3n) is 3.83. The van der Waals surface area contributed by atoms with Crippen molar-refractivity contribution in [3.05, 3.63) is 35.9 Å². The Bertz CT molecular complexity index is 581. The van der Waals surface area contributed by atoms with Crippen molar-refractivity contribution in [2.24, 2.45) is 5.92 Å². The predicted octanol–water partition coefficient (Wildman–Crippen LogP) is 2.18. The van der Waals surface area contributed by atoms with Gasteiger partial charge < -0.3 is 15.2 Å². The summed E-state index contributed by atoms with van der Waals surface area (Å²) < 4.78 is 5.30. The number of carbonyl (C=O) groups is 2. The Kier molecular flexibility index (Phi) is 8.24. The fourth-order valence-corrected chi connectivity index (χ4v) is 2.48. The number of rotatable bonds is 8. The van der Waals surface area contributed by atoms with E-state index in [1.54, 1.807) is 27.7 Å². The van der Waals surface area contributed by atoms with Crippen LogP contribution in [0.2, 0.25) is 0 Å². The molecule has 0 fully saturated rings. The second kappa shape index (κ2) is 9.69. The first-order valence-electron chi connectivity index (χ1n) is 9.00. The zero-order chi connectivity index (χ0) is 19.9. The third kappa shape index (κ3) is 7.14. The van der Waals surface area contributed by atoms with E-state index < -0.39 is 23.7 Å². The number of amides is 1. The van der Waals surface area contributed by atoms with Gasteiger partial charge in [0.25, 0.3) is 0 Å². The minimum atomic E-state index is -0.755. The van der Waals surface area contributed by atoms with Crippen LogP contribution < -0.4 is 10.6 Å². The molecule has 26 heavy (non-hydrogen) atoms. The Morgan fingerprint density at radius 3 is 2.15 bits per heavy atom. The number of ether oxygens (including phenoxy) is 1. The number of esters is 1. The monoisotopic (exact) mass is 364 g/mol. The summed E-state index contributed by atoms with van der Waals surface area (Å²) in [6.45, 7) is 10.6. The molecule has 0 spiro atoms. The topological polar surface area (TPSA) is 87.7 Å². The first kappa shape index (κ1) is 22.1. The Morgan fingerprint density at radius 2 is 1.69 bits per heavy atom. The second-order valence-corrected chi connectivity index (χ2v) is 7.80. The largest absolute Gasteiger partial charge is 0.458 e. The molecule has 1 amide bonds. The molecule has 0 saturated carbocycles. The van der Waals surface area contributed by atoms with Crippen LogP contribution in [0.1, 0.15) is 53.1 Å². The Morgan fingerprint density at radius 1 is 1.12 bits per heavy atom. The molecule has 1 rings (SSSR count). The molecule has 0 saturated heterocycles. The summed E-state index contributed by atoms with van der Waals surface area (Å²) in [6, 6.07) is 7.77. The maximum absolute atomic E-state index is 12.7. The predicted molar refractivity (Wildman–Crippen MR) is 101 cm³/mol. The van der Waals surface area contributed by atoms with Crippen LogP contribution in [-0.4, -0.2) is 41.3 Å². The molecule has 6 nitrogen and oxygen atoms in total. The van der Waals surface area contributed by atoms with Gasteiger partial charge in [0.1, 0.15) is 11.6 Å². The van der Waals surface area contributed by atoms with Gasteiger partial charge in [0.2, 0.25) is 5.91 Å². The van der Waals surface area contributed by atoms with E-state index in [9.17, 15) is 14.7 Å². The molecule has 146 valence electrons. The fourth-order valence-electron chi connectivity index (χ4n) is 2.48. The minimum absolute atomic E-state index is 0.0291. The molecule has 6 heteroatoms. The molecular weight excluding hydrogens is 332 g/mol. The number of hydrogen-bond donors (Lipinski definition) is 3. The van der Waals surface area contributed by atoms with E-state index in [1.807, 2.05) is 44.2 Å². The summed E-state index contributed by atoms with van der Waals surface area (Å²) in [4.78, 5) is 24.8. The van der Waals surface area contributed by atoms with Crippen LogP contribution in [0.15, 0.2) is 30.3 Å². The maximum Gasteiger partial charge on any atom is 0.328 e. The van der Waals surface area contributed by atoms with E-state index in [2.05, 4.69) is 10.6 Å². The van der Waals surface area contributed by atoms with Crippen molar-refractivity contribution < 1.29 is 19.4 Å². The van der Waals surface area contributed by atoms with Crippen molar-refractivity contribution in [2.75, 3.05) is 6.61 Å². The number of nitrogens with one attached hydrogen (secondary N) is 2. The Hall–Kier alpha value is -1.92. The highest BCUT2D eigenvalue weighted by Crippen LogP contribution is 2.15. The molecule has 0 heterocycles. The highest BCUT2D eigenvalue weighted by molar-refractivity contribution is 5.87. The molecular formula is C20H32N2O4. The van der Waals surface area contributed by atoms with Crippen LogP contribution in [0.5, 0.6) is 0 Å². The molecule has 0 aliphatic rings. The summed E-state index contributed by atoms with van der Waals surface area (Å²) in [6.07, 6.45) is 0. The molecule has 0 aliphatic heterocycles. The lowest BCUT2D eigenvalue weighted by Gasteiger charge is -2.28. The van der Waals surface area contributed by atoms with E-state index in [1.165, 1.54) is 0 Å². The van der Waals surface area contributed by atoms with Gasteiger partial charge in [-0.15, -0.1) is 0 Å². The molecule has 3 atom stereocenters. The number of hydrogen-bond acceptors (Lipinski definition) is 5. The number of aliphatic hydroxyl groups excluding tert-OH is 1. The SMILES string of the molecule is CC(NC(=O)[C@@H](NC(CO)c1ccccc1)C(C)C)C(=O)OC(C)(C)C. The summed E-state index contributed by atoms with van der Waals surface area (Å²) in [5, 5.41) is 15.6. The molecule has 3 N–H and O–H groups in total. The Labute approximate surface area is 156 Å². The fraction of sp³-hybridized carbons (Fsp3) is 0.600. The lowest BCUT2D eigenvalue weighted by Crippen LogP contribution is -2.53. The average molecular weight is 364 g/mol. The quantitative estimate of drug-likeness (QED) is 0.616. The smallest absolute Gasteiger partial charge is 0.328 e. The lowest BCUT2D eigenvalue weighted by molar-refractivity contribution is -0.158. The van der Waals surface area contributed by atoms with E-state index in [-0.39, 0.29) is 24.5 Å². The van der Waals surface area contributed by atoms with E-state index in [4.69, 9.17) is 4.74 Å². The van der Waals surface area contributed by atoms with Crippen LogP contribution >= 0.6 is 0 Å². The van der Waals surface area contributed by atoms with Gasteiger partial charge in [-0.2, -0.15) is 0 Å². The standard InChI is InChI=1S/C20H32N2O4/c1-13(2)17(22-16(12-23)15-10-8-7-9-11-15)18(24)21-14(3)19(25)26-20(4,5)6/h7-11,13-14,16-17,22-23H,12H2,1-6H3,(H,21,24)/t14?,16?,17-/m0/s1. The summed E-state index contributed by atoms with van der Waals surface area (Å²) >= 11 is 0. The molecule has 1 aromatic rings. The van der Waals surface area contributed by atoms with Gasteiger partial charge in [-0.3, -0.25) is 10.1 Å². The summed E-state index contributed by atoms with van der Waals surface area (Å²) in [7, 11) is 0. The lowest BCUT2D eigenvalue weighted by atomic mass is 9.99. The van der Waals surface area contributed by atoms with Crippen molar-refractivity contribution >= 4 is 11.9 Å². The molecule has 2 unspecified atom stereocenters. The maximum atomic E-state index is 12.7. The number of carbonyl (C=O) groups excluding carboxylic acids is 2. The van der Waals surface area contributed by atoms with Crippen molar-refractivity contribution in [3.8, 4) is 0 Å². The minimum Gasteiger partial charge on any atom is -0.458 e. The van der Waals surface area contributed by atoms with Gasteiger partial charge in [0.15, 0.2) is 0 Å². The van der Waals surface area contributed by atoms with Gasteiger partial charge in [0.05, 0.1) is 18.7 Å². The van der Waals surface area contributed by atoms with Crippen molar-refractivity contribution in [1.29, 1.82) is 0 Å². The molecule has 0 aliphatic carbocycles. The Balaban J connectivity index is 2.79. The van der Waals surface area contributed by atoms with Crippen molar-refractivity contribution in [1.82, 2.24) is 10.6 Å². The first-order valence-corrected chi connectivity index (χ1v) is 9.00. The second-order valence-electron chi connectivity index (χ2n) is 7.80. The third-order valence-corrected chi connectivity index (χ3v) is 3.83. The van der Waals surface area contributed by atoms with Crippen LogP contribution in [-0.2, 0) is 14.3 Å². The summed E-state index contributed by atoms with van der Waals surface area (Å²) in [5.41, 5.74) is 0.287. The summed E-state index contributed by atoms with van der Waals surface area (Å²) in [5.74, 6) is -0.804. The van der Waals surface area contributed by atoms with Crippen LogP contribution in [0.4, 0.5) is 0 Å². The van der Waals surface area contributed by atoms with E-state index >= 15 is 0 Å². The number of benzene rings is 1. The molecule has 0 aromatic heterocycles. The number of aliphatic hydroxyl groups is 1. The zero-order valence-electron chi connectivity index (χ0n) is 16.6.